The molecule has 0 bridgehead atoms. The molecule has 0 saturated heterocycles. The van der Waals surface area contributed by atoms with E-state index in [9.17, 15) is 14.7 Å². The van der Waals surface area contributed by atoms with Crippen LogP contribution in [0.1, 0.15) is 10.4 Å². The Kier molecular flexibility index (Phi) is 4.10. The lowest BCUT2D eigenvalue weighted by atomic mass is 10.2. The molecule has 0 unspecified atom stereocenters. The molecule has 1 aliphatic rings. The van der Waals surface area contributed by atoms with Crippen molar-refractivity contribution in [1.82, 2.24) is 0 Å². The van der Waals surface area contributed by atoms with Crippen LogP contribution in [0.5, 0.6) is 0 Å². The van der Waals surface area contributed by atoms with E-state index in [0.29, 0.717) is 5.56 Å². The predicted molar refractivity (Wildman–Crippen MR) is 66.0 cm³/mol. The number of hydrogen-bond acceptors (Lipinski definition) is 5. The second kappa shape index (κ2) is 5.97. The van der Waals surface area contributed by atoms with Gasteiger partial charge in [-0.3, -0.25) is 0 Å². The minimum atomic E-state index is -1.03. The third-order valence-corrected chi connectivity index (χ3v) is 2.35. The fourth-order valence-corrected chi connectivity index (χ4v) is 1.48. The lowest BCUT2D eigenvalue weighted by molar-refractivity contribution is -0.132. The van der Waals surface area contributed by atoms with Crippen molar-refractivity contribution in [2.24, 2.45) is 0 Å². The molecule has 98 valence electrons. The van der Waals surface area contributed by atoms with Crippen molar-refractivity contribution in [2.45, 2.75) is 6.10 Å². The molecule has 1 atom stereocenters. The summed E-state index contributed by atoms with van der Waals surface area (Å²) in [7, 11) is 0. The van der Waals surface area contributed by atoms with E-state index in [1.165, 1.54) is 18.2 Å². The van der Waals surface area contributed by atoms with Crippen LogP contribution < -0.4 is 0 Å². The highest BCUT2D eigenvalue weighted by Crippen LogP contribution is 2.10. The molecule has 1 aliphatic heterocycles. The van der Waals surface area contributed by atoms with E-state index in [-0.39, 0.29) is 12.4 Å². The van der Waals surface area contributed by atoms with Gasteiger partial charge in [-0.25, -0.2) is 9.59 Å². The Balaban J connectivity index is 1.84. The van der Waals surface area contributed by atoms with Gasteiger partial charge in [-0.15, -0.1) is 0 Å². The summed E-state index contributed by atoms with van der Waals surface area (Å²) < 4.78 is 9.66. The molecule has 0 aromatic heterocycles. The van der Waals surface area contributed by atoms with Crippen molar-refractivity contribution in [1.29, 1.82) is 0 Å². The molecule has 1 aromatic rings. The number of rotatable bonds is 4. The largest absolute Gasteiger partial charge is 0.459 e. The highest BCUT2D eigenvalue weighted by Gasteiger charge is 2.13. The Bertz CT molecular complexity index is 530. The van der Waals surface area contributed by atoms with Gasteiger partial charge in [0.1, 0.15) is 18.5 Å². The fourth-order valence-electron chi connectivity index (χ4n) is 1.48. The maximum atomic E-state index is 11.6. The van der Waals surface area contributed by atoms with E-state index in [1.54, 1.807) is 30.3 Å². The Morgan fingerprint density at radius 2 is 2.05 bits per heavy atom. The van der Waals surface area contributed by atoms with Crippen molar-refractivity contribution < 1.29 is 24.2 Å². The van der Waals surface area contributed by atoms with Gasteiger partial charge >= 0.3 is 11.9 Å². The summed E-state index contributed by atoms with van der Waals surface area (Å²) >= 11 is 0. The molecule has 2 rings (SSSR count). The van der Waals surface area contributed by atoms with Gasteiger partial charge in [0.2, 0.25) is 0 Å². The zero-order valence-electron chi connectivity index (χ0n) is 9.98. The summed E-state index contributed by atoms with van der Waals surface area (Å²) in [5, 5.41) is 9.61. The monoisotopic (exact) mass is 260 g/mol. The van der Waals surface area contributed by atoms with E-state index in [4.69, 9.17) is 9.47 Å². The lowest BCUT2D eigenvalue weighted by Crippen LogP contribution is -2.17. The number of ether oxygens (including phenoxy) is 2. The van der Waals surface area contributed by atoms with E-state index in [0.717, 1.165) is 0 Å². The summed E-state index contributed by atoms with van der Waals surface area (Å²) in [6.07, 6.45) is 2.96. The third kappa shape index (κ3) is 3.79. The zero-order valence-corrected chi connectivity index (χ0v) is 9.98. The predicted octanol–water partition coefficient (Wildman–Crippen LogP) is 1.20. The molecule has 0 spiro atoms. The SMILES string of the molecule is O=C1C=C/C(=C\[C@H](O)COC(=O)c2ccccc2)O1. The molecule has 19 heavy (non-hydrogen) atoms. The molecule has 5 nitrogen and oxygen atoms in total. The third-order valence-electron chi connectivity index (χ3n) is 2.35. The highest BCUT2D eigenvalue weighted by molar-refractivity contribution is 5.89. The number of allylic oxidation sites excluding steroid dienone is 1. The second-order valence-corrected chi connectivity index (χ2v) is 3.86. The maximum Gasteiger partial charge on any atom is 0.338 e. The summed E-state index contributed by atoms with van der Waals surface area (Å²) in [5.74, 6) is -0.759. The van der Waals surface area contributed by atoms with Crippen LogP contribution in [0.3, 0.4) is 0 Å². The molecular formula is C14H12O5. The van der Waals surface area contributed by atoms with E-state index < -0.39 is 18.0 Å². The lowest BCUT2D eigenvalue weighted by Gasteiger charge is -2.08. The first-order valence-electron chi connectivity index (χ1n) is 5.67. The standard InChI is InChI=1S/C14H12O5/c15-11(8-12-6-7-13(16)19-12)9-18-14(17)10-4-2-1-3-5-10/h1-8,11,15H,9H2/b12-8+/t11-/m0/s1. The number of cyclic esters (lactones) is 1. The molecule has 0 saturated carbocycles. The highest BCUT2D eigenvalue weighted by atomic mass is 16.5. The van der Waals surface area contributed by atoms with Crippen LogP contribution in [0.2, 0.25) is 0 Å². The molecule has 0 fully saturated rings. The number of carbonyl (C=O) groups is 2. The summed E-state index contributed by atoms with van der Waals surface area (Å²) in [5.41, 5.74) is 0.412. The van der Waals surface area contributed by atoms with Gasteiger partial charge in [-0.1, -0.05) is 18.2 Å². The normalized spacial score (nSPS) is 17.3. The fraction of sp³-hybridized carbons (Fsp3) is 0.143. The van der Waals surface area contributed by atoms with Crippen LogP contribution in [0.15, 0.2) is 54.3 Å². The van der Waals surface area contributed by atoms with Gasteiger partial charge in [-0.05, 0) is 24.3 Å². The molecule has 1 aromatic carbocycles. The molecule has 0 radical (unpaired) electrons. The number of aliphatic hydroxyl groups is 1. The van der Waals surface area contributed by atoms with Gasteiger partial charge in [0.25, 0.3) is 0 Å². The molecule has 0 aliphatic carbocycles. The Hall–Kier alpha value is -2.40. The molecular weight excluding hydrogens is 248 g/mol. The number of carbonyl (C=O) groups excluding carboxylic acids is 2. The zero-order chi connectivity index (χ0) is 13.7. The summed E-state index contributed by atoms with van der Waals surface area (Å²) in [6, 6.07) is 8.47. The number of aliphatic hydroxyl groups excluding tert-OH is 1. The minimum absolute atomic E-state index is 0.206. The average molecular weight is 260 g/mol. The quantitative estimate of drug-likeness (QED) is 0.823. The first-order chi connectivity index (χ1) is 9.15. The smallest absolute Gasteiger partial charge is 0.338 e. The van der Waals surface area contributed by atoms with Crippen LogP contribution in [0, 0.1) is 0 Å². The molecule has 5 heteroatoms. The van der Waals surface area contributed by atoms with E-state index in [2.05, 4.69) is 0 Å². The van der Waals surface area contributed by atoms with Crippen LogP contribution in [0.4, 0.5) is 0 Å². The Morgan fingerprint density at radius 1 is 1.32 bits per heavy atom. The Morgan fingerprint density at radius 3 is 2.68 bits per heavy atom. The van der Waals surface area contributed by atoms with Crippen LogP contribution in [-0.4, -0.2) is 29.8 Å². The second-order valence-electron chi connectivity index (χ2n) is 3.86. The van der Waals surface area contributed by atoms with Gasteiger partial charge in [0, 0.05) is 6.08 Å². The van der Waals surface area contributed by atoms with Crippen molar-refractivity contribution in [3.63, 3.8) is 0 Å². The van der Waals surface area contributed by atoms with Gasteiger partial charge < -0.3 is 14.6 Å². The first kappa shape index (κ1) is 13.0. The van der Waals surface area contributed by atoms with Gasteiger partial charge in [0.05, 0.1) is 5.56 Å². The van der Waals surface area contributed by atoms with Gasteiger partial charge in [0.15, 0.2) is 0 Å². The van der Waals surface area contributed by atoms with Crippen molar-refractivity contribution >= 4 is 11.9 Å². The van der Waals surface area contributed by atoms with Crippen LogP contribution in [-0.2, 0) is 14.3 Å². The van der Waals surface area contributed by atoms with Gasteiger partial charge in [-0.2, -0.15) is 0 Å². The van der Waals surface area contributed by atoms with Crippen molar-refractivity contribution in [2.75, 3.05) is 6.61 Å². The van der Waals surface area contributed by atoms with Crippen LogP contribution in [0.25, 0.3) is 0 Å². The summed E-state index contributed by atoms with van der Waals surface area (Å²) in [6.45, 7) is -0.206. The van der Waals surface area contributed by atoms with Crippen molar-refractivity contribution in [3.05, 3.63) is 59.9 Å². The molecule has 0 amide bonds. The number of hydrogen-bond donors (Lipinski definition) is 1. The topological polar surface area (TPSA) is 72.8 Å². The van der Waals surface area contributed by atoms with E-state index >= 15 is 0 Å². The van der Waals surface area contributed by atoms with Crippen molar-refractivity contribution in [3.8, 4) is 0 Å². The maximum absolute atomic E-state index is 11.6. The van der Waals surface area contributed by atoms with E-state index in [1.807, 2.05) is 0 Å². The average Bonchev–Trinajstić information content (AvgIpc) is 2.82. The molecule has 1 N–H and O–H groups in total. The number of benzene rings is 1. The summed E-state index contributed by atoms with van der Waals surface area (Å²) in [4.78, 5) is 22.4. The molecule has 1 heterocycles. The number of esters is 2. The Labute approximate surface area is 109 Å². The first-order valence-corrected chi connectivity index (χ1v) is 5.67. The van der Waals surface area contributed by atoms with Crippen LogP contribution >= 0.6 is 0 Å². The minimum Gasteiger partial charge on any atom is -0.459 e.